The molecule has 1 aliphatic rings. The third-order valence-electron chi connectivity index (χ3n) is 3.88. The Balaban J connectivity index is 3.09. The van der Waals surface area contributed by atoms with Gasteiger partial charge >= 0.3 is 0 Å². The Kier molecular flexibility index (Phi) is 5.90. The van der Waals surface area contributed by atoms with Gasteiger partial charge in [0.1, 0.15) is 0 Å². The van der Waals surface area contributed by atoms with Crippen LogP contribution in [0.5, 0.6) is 0 Å². The highest BCUT2D eigenvalue weighted by Gasteiger charge is 2.34. The number of hydrogen-bond acceptors (Lipinski definition) is 0. The highest BCUT2D eigenvalue weighted by atomic mass is 127. The summed E-state index contributed by atoms with van der Waals surface area (Å²) in [6.07, 6.45) is 11.1. The molecule has 18 heavy (non-hydrogen) atoms. The van der Waals surface area contributed by atoms with Crippen molar-refractivity contribution in [2.24, 2.45) is 5.41 Å². The van der Waals surface area contributed by atoms with Crippen molar-refractivity contribution in [3.63, 3.8) is 0 Å². The maximum absolute atomic E-state index is 3.77. The van der Waals surface area contributed by atoms with Crippen LogP contribution in [0.25, 0.3) is 0 Å². The zero-order chi connectivity index (χ0) is 13.8. The third-order valence-corrected chi connectivity index (χ3v) is 4.55. The van der Waals surface area contributed by atoms with E-state index in [-0.39, 0.29) is 5.41 Å². The van der Waals surface area contributed by atoms with Crippen LogP contribution in [-0.4, -0.2) is 0 Å². The predicted octanol–water partition coefficient (Wildman–Crippen LogP) is 6.35. The van der Waals surface area contributed by atoms with Crippen LogP contribution in [-0.2, 0) is 0 Å². The Bertz CT molecular complexity index is 405. The second-order valence-electron chi connectivity index (χ2n) is 5.44. The normalized spacial score (nSPS) is 21.8. The van der Waals surface area contributed by atoms with Crippen molar-refractivity contribution in [1.82, 2.24) is 0 Å². The number of rotatable bonds is 5. The van der Waals surface area contributed by atoms with Gasteiger partial charge in [-0.3, -0.25) is 0 Å². The van der Waals surface area contributed by atoms with E-state index in [4.69, 9.17) is 0 Å². The largest absolute Gasteiger partial charge is 0.0990 e. The Hall–Kier alpha value is -0.310. The Morgan fingerprint density at radius 1 is 1.39 bits per heavy atom. The zero-order valence-corrected chi connectivity index (χ0v) is 14.3. The monoisotopic (exact) mass is 356 g/mol. The van der Waals surface area contributed by atoms with Crippen LogP contribution in [0.3, 0.4) is 0 Å². The van der Waals surface area contributed by atoms with Crippen molar-refractivity contribution in [3.05, 3.63) is 45.1 Å². The Morgan fingerprint density at radius 3 is 2.56 bits per heavy atom. The van der Waals surface area contributed by atoms with Crippen LogP contribution in [0.2, 0.25) is 0 Å². The van der Waals surface area contributed by atoms with Gasteiger partial charge in [-0.1, -0.05) is 63.5 Å². The standard InChI is InChI=1S/C17H25I/c1-6-9-13-11-14(12-15(18)10-7-2)17(4,5)16(13)8-3/h7,10,12H,2,6,8-9,11H2,1,3-5H3/b14-12+,15-10+. The molecule has 0 aromatic carbocycles. The molecular weight excluding hydrogens is 331 g/mol. The van der Waals surface area contributed by atoms with Crippen molar-refractivity contribution < 1.29 is 0 Å². The van der Waals surface area contributed by atoms with E-state index < -0.39 is 0 Å². The minimum atomic E-state index is 0.241. The van der Waals surface area contributed by atoms with Gasteiger partial charge in [-0.15, -0.1) is 0 Å². The molecule has 0 aliphatic heterocycles. The lowest BCUT2D eigenvalue weighted by Gasteiger charge is -2.25. The quantitative estimate of drug-likeness (QED) is 0.306. The molecule has 1 aliphatic carbocycles. The SMILES string of the molecule is C=C/C=C(I)\C=C1/CC(CCC)=C(CC)C1(C)C. The summed E-state index contributed by atoms with van der Waals surface area (Å²) in [5.41, 5.74) is 5.15. The van der Waals surface area contributed by atoms with Gasteiger partial charge in [0.15, 0.2) is 0 Å². The number of halogens is 1. The van der Waals surface area contributed by atoms with E-state index in [2.05, 4.69) is 69.0 Å². The van der Waals surface area contributed by atoms with Gasteiger partial charge in [0, 0.05) is 8.99 Å². The Labute approximate surface area is 126 Å². The molecule has 0 saturated carbocycles. The van der Waals surface area contributed by atoms with Crippen molar-refractivity contribution in [3.8, 4) is 0 Å². The summed E-state index contributed by atoms with van der Waals surface area (Å²) in [6, 6.07) is 0. The zero-order valence-electron chi connectivity index (χ0n) is 12.1. The molecule has 0 nitrogen and oxygen atoms in total. The Morgan fingerprint density at radius 2 is 2.06 bits per heavy atom. The van der Waals surface area contributed by atoms with Gasteiger partial charge in [0.05, 0.1) is 0 Å². The number of hydrogen-bond donors (Lipinski definition) is 0. The molecule has 1 rings (SSSR count). The van der Waals surface area contributed by atoms with Crippen LogP contribution in [0, 0.1) is 5.41 Å². The first-order valence-electron chi connectivity index (χ1n) is 6.88. The van der Waals surface area contributed by atoms with E-state index in [9.17, 15) is 0 Å². The molecular formula is C17H25I. The minimum Gasteiger partial charge on any atom is -0.0990 e. The smallest absolute Gasteiger partial charge is 0.0130 e. The van der Waals surface area contributed by atoms with E-state index in [0.29, 0.717) is 0 Å². The van der Waals surface area contributed by atoms with Gasteiger partial charge in [0.2, 0.25) is 0 Å². The van der Waals surface area contributed by atoms with Gasteiger partial charge in [0.25, 0.3) is 0 Å². The first kappa shape index (κ1) is 15.7. The first-order valence-corrected chi connectivity index (χ1v) is 7.95. The van der Waals surface area contributed by atoms with Crippen molar-refractivity contribution in [2.45, 2.75) is 53.4 Å². The van der Waals surface area contributed by atoms with Crippen LogP contribution in [0.4, 0.5) is 0 Å². The summed E-state index contributed by atoms with van der Waals surface area (Å²) in [4.78, 5) is 0. The maximum Gasteiger partial charge on any atom is 0.0130 e. The van der Waals surface area contributed by atoms with Crippen molar-refractivity contribution >= 4 is 22.6 Å². The minimum absolute atomic E-state index is 0.241. The fourth-order valence-corrected chi connectivity index (χ4v) is 3.62. The van der Waals surface area contributed by atoms with E-state index >= 15 is 0 Å². The summed E-state index contributed by atoms with van der Waals surface area (Å²) in [6.45, 7) is 13.1. The van der Waals surface area contributed by atoms with E-state index in [1.807, 2.05) is 6.08 Å². The summed E-state index contributed by atoms with van der Waals surface area (Å²) >= 11 is 2.39. The van der Waals surface area contributed by atoms with Crippen LogP contribution in [0.1, 0.15) is 53.4 Å². The fraction of sp³-hybridized carbons (Fsp3) is 0.529. The van der Waals surface area contributed by atoms with Gasteiger partial charge in [-0.25, -0.2) is 0 Å². The molecule has 0 bridgehead atoms. The second-order valence-corrected chi connectivity index (χ2v) is 6.69. The lowest BCUT2D eigenvalue weighted by atomic mass is 9.80. The van der Waals surface area contributed by atoms with Crippen molar-refractivity contribution in [1.29, 1.82) is 0 Å². The second kappa shape index (κ2) is 6.74. The molecule has 0 aromatic rings. The molecule has 0 aromatic heterocycles. The summed E-state index contributed by atoms with van der Waals surface area (Å²) < 4.78 is 1.28. The maximum atomic E-state index is 3.77. The third kappa shape index (κ3) is 3.37. The highest BCUT2D eigenvalue weighted by Crippen LogP contribution is 2.49. The van der Waals surface area contributed by atoms with Gasteiger partial charge in [-0.2, -0.15) is 0 Å². The number of allylic oxidation sites excluding steroid dienone is 7. The van der Waals surface area contributed by atoms with Gasteiger partial charge in [-0.05, 0) is 54.0 Å². The molecule has 0 fully saturated rings. The van der Waals surface area contributed by atoms with E-state index in [1.165, 1.54) is 29.3 Å². The highest BCUT2D eigenvalue weighted by molar-refractivity contribution is 14.1. The lowest BCUT2D eigenvalue weighted by molar-refractivity contribution is 0.537. The molecule has 0 atom stereocenters. The molecule has 0 heterocycles. The van der Waals surface area contributed by atoms with Gasteiger partial charge < -0.3 is 0 Å². The summed E-state index contributed by atoms with van der Waals surface area (Å²) in [5, 5.41) is 0. The molecule has 0 radical (unpaired) electrons. The lowest BCUT2D eigenvalue weighted by Crippen LogP contribution is -2.12. The average Bonchev–Trinajstić information content (AvgIpc) is 2.51. The van der Waals surface area contributed by atoms with Crippen LogP contribution < -0.4 is 0 Å². The fourth-order valence-electron chi connectivity index (χ4n) is 2.98. The van der Waals surface area contributed by atoms with E-state index in [0.717, 1.165) is 0 Å². The molecule has 0 amide bonds. The topological polar surface area (TPSA) is 0 Å². The summed E-state index contributed by atoms with van der Waals surface area (Å²) in [5.74, 6) is 0. The molecule has 0 N–H and O–H groups in total. The van der Waals surface area contributed by atoms with Crippen LogP contribution >= 0.6 is 22.6 Å². The summed E-state index contributed by atoms with van der Waals surface area (Å²) in [7, 11) is 0. The molecule has 0 spiro atoms. The van der Waals surface area contributed by atoms with Crippen LogP contribution in [0.15, 0.2) is 45.1 Å². The molecule has 1 heteroatoms. The molecule has 0 saturated heterocycles. The average molecular weight is 356 g/mol. The predicted molar refractivity (Wildman–Crippen MR) is 91.0 cm³/mol. The van der Waals surface area contributed by atoms with Crippen molar-refractivity contribution in [2.75, 3.05) is 0 Å². The van der Waals surface area contributed by atoms with E-state index in [1.54, 1.807) is 16.7 Å². The molecule has 100 valence electrons. The molecule has 0 unspecified atom stereocenters. The first-order chi connectivity index (χ1) is 8.47.